The molecular formula is C18H24N4O3S. The van der Waals surface area contributed by atoms with Crippen molar-refractivity contribution < 1.29 is 13.2 Å². The van der Waals surface area contributed by atoms with Gasteiger partial charge in [-0.1, -0.05) is 24.3 Å². The van der Waals surface area contributed by atoms with Gasteiger partial charge in [0.15, 0.2) is 0 Å². The molecule has 0 atom stereocenters. The van der Waals surface area contributed by atoms with Crippen LogP contribution in [0.1, 0.15) is 17.0 Å². The van der Waals surface area contributed by atoms with Gasteiger partial charge in [0.05, 0.1) is 37.8 Å². The molecule has 8 heteroatoms. The Bertz CT molecular complexity index is 872. The van der Waals surface area contributed by atoms with E-state index in [-0.39, 0.29) is 6.54 Å². The van der Waals surface area contributed by atoms with Crippen LogP contribution in [-0.2, 0) is 29.7 Å². The second kappa shape index (κ2) is 8.03. The first-order chi connectivity index (χ1) is 12.4. The Balaban J connectivity index is 1.54. The van der Waals surface area contributed by atoms with E-state index in [2.05, 4.69) is 26.9 Å². The van der Waals surface area contributed by atoms with Crippen LogP contribution >= 0.6 is 0 Å². The van der Waals surface area contributed by atoms with Crippen LogP contribution < -0.4 is 9.46 Å². The monoisotopic (exact) mass is 376 g/mol. The molecule has 0 unspecified atom stereocenters. The number of nitrogens with one attached hydrogen (secondary N) is 1. The summed E-state index contributed by atoms with van der Waals surface area (Å²) in [6, 6.07) is 9.93. The van der Waals surface area contributed by atoms with Crippen molar-refractivity contribution >= 4 is 16.1 Å². The summed E-state index contributed by atoms with van der Waals surface area (Å²) in [6.45, 7) is 3.62. The zero-order chi connectivity index (χ0) is 18.6. The van der Waals surface area contributed by atoms with Crippen molar-refractivity contribution in [3.8, 4) is 5.75 Å². The zero-order valence-corrected chi connectivity index (χ0v) is 15.9. The Morgan fingerprint density at radius 3 is 2.73 bits per heavy atom. The summed E-state index contributed by atoms with van der Waals surface area (Å²) in [5.74, 6) is 0.854. The predicted molar refractivity (Wildman–Crippen MR) is 101 cm³/mol. The number of aromatic nitrogens is 2. The molecule has 1 aromatic heterocycles. The van der Waals surface area contributed by atoms with Gasteiger partial charge < -0.3 is 4.74 Å². The van der Waals surface area contributed by atoms with Crippen molar-refractivity contribution in [2.75, 3.05) is 26.5 Å². The maximum Gasteiger partial charge on any atom is 0.209 e. The minimum atomic E-state index is -3.20. The number of methoxy groups -OCH3 is 1. The van der Waals surface area contributed by atoms with Gasteiger partial charge in [-0.2, -0.15) is 5.10 Å². The Morgan fingerprint density at radius 2 is 2.04 bits per heavy atom. The van der Waals surface area contributed by atoms with Crippen LogP contribution in [0.4, 0.5) is 0 Å². The van der Waals surface area contributed by atoms with E-state index in [4.69, 9.17) is 4.74 Å². The summed E-state index contributed by atoms with van der Waals surface area (Å²) in [6.07, 6.45) is 5.41. The minimum Gasteiger partial charge on any atom is -0.497 e. The third-order valence-corrected chi connectivity index (χ3v) is 4.90. The summed E-state index contributed by atoms with van der Waals surface area (Å²) in [5.41, 5.74) is 3.00. The van der Waals surface area contributed by atoms with Gasteiger partial charge in [-0.15, -0.1) is 0 Å². The lowest BCUT2D eigenvalue weighted by molar-refractivity contribution is 0.235. The molecule has 0 aliphatic carbocycles. The van der Waals surface area contributed by atoms with Gasteiger partial charge >= 0.3 is 0 Å². The standard InChI is InChI=1S/C18H24N4O3S/c1-25-18-7-5-15(6-8-18)4-3-9-21-10-11-22-17(14-21)12-16(20-22)13-19-26(2,23)24/h3-8,12,19H,9-11,13-14H2,1-2H3. The van der Waals surface area contributed by atoms with Crippen LogP contribution in [0.2, 0.25) is 0 Å². The fourth-order valence-corrected chi connectivity index (χ4v) is 3.29. The number of ether oxygens (including phenoxy) is 1. The molecule has 1 aliphatic heterocycles. The molecule has 140 valence electrons. The van der Waals surface area contributed by atoms with Crippen molar-refractivity contribution in [1.82, 2.24) is 19.4 Å². The smallest absolute Gasteiger partial charge is 0.209 e. The molecular weight excluding hydrogens is 352 g/mol. The maximum atomic E-state index is 11.2. The first-order valence-corrected chi connectivity index (χ1v) is 10.4. The normalized spacial score (nSPS) is 15.3. The molecule has 0 fully saturated rings. The Morgan fingerprint density at radius 1 is 1.27 bits per heavy atom. The fraction of sp³-hybridized carbons (Fsp3) is 0.389. The number of hydrogen-bond donors (Lipinski definition) is 1. The number of rotatable bonds is 7. The molecule has 0 amide bonds. The first-order valence-electron chi connectivity index (χ1n) is 8.46. The van der Waals surface area contributed by atoms with Crippen molar-refractivity contribution in [2.24, 2.45) is 0 Å². The third-order valence-electron chi connectivity index (χ3n) is 4.23. The van der Waals surface area contributed by atoms with Crippen LogP contribution in [0.15, 0.2) is 36.4 Å². The second-order valence-corrected chi connectivity index (χ2v) is 8.19. The molecule has 1 aliphatic rings. The quantitative estimate of drug-likeness (QED) is 0.792. The van der Waals surface area contributed by atoms with E-state index in [9.17, 15) is 8.42 Å². The zero-order valence-electron chi connectivity index (χ0n) is 15.1. The third kappa shape index (κ3) is 5.17. The summed E-state index contributed by atoms with van der Waals surface area (Å²) in [5, 5.41) is 4.47. The van der Waals surface area contributed by atoms with Gasteiger partial charge in [0.2, 0.25) is 10.0 Å². The lowest BCUT2D eigenvalue weighted by Crippen LogP contribution is -2.33. The summed E-state index contributed by atoms with van der Waals surface area (Å²) >= 11 is 0. The largest absolute Gasteiger partial charge is 0.497 e. The average Bonchev–Trinajstić information content (AvgIpc) is 3.02. The van der Waals surface area contributed by atoms with E-state index in [0.29, 0.717) is 0 Å². The van der Waals surface area contributed by atoms with Gasteiger partial charge in [-0.25, -0.2) is 13.1 Å². The number of hydrogen-bond acceptors (Lipinski definition) is 5. The van der Waals surface area contributed by atoms with Crippen molar-refractivity contribution in [1.29, 1.82) is 0 Å². The van der Waals surface area contributed by atoms with Crippen LogP contribution in [-0.4, -0.2) is 49.6 Å². The van der Waals surface area contributed by atoms with E-state index in [1.54, 1.807) is 7.11 Å². The molecule has 0 spiro atoms. The van der Waals surface area contributed by atoms with Gasteiger partial charge in [-0.05, 0) is 23.8 Å². The summed E-state index contributed by atoms with van der Waals surface area (Å²) < 4.78 is 32.0. The lowest BCUT2D eigenvalue weighted by Gasteiger charge is -2.26. The molecule has 7 nitrogen and oxygen atoms in total. The highest BCUT2D eigenvalue weighted by molar-refractivity contribution is 7.88. The first kappa shape index (κ1) is 18.6. The highest BCUT2D eigenvalue weighted by Gasteiger charge is 2.17. The van der Waals surface area contributed by atoms with E-state index >= 15 is 0 Å². The molecule has 0 saturated carbocycles. The number of benzene rings is 1. The average molecular weight is 376 g/mol. The van der Waals surface area contributed by atoms with Crippen LogP contribution in [0.25, 0.3) is 6.08 Å². The van der Waals surface area contributed by atoms with Crippen molar-refractivity contribution in [2.45, 2.75) is 19.6 Å². The minimum absolute atomic E-state index is 0.232. The number of nitrogens with zero attached hydrogens (tertiary/aromatic N) is 3. The Hall–Kier alpha value is -2.16. The molecule has 1 aromatic carbocycles. The van der Waals surface area contributed by atoms with Crippen LogP contribution in [0, 0.1) is 0 Å². The molecule has 0 saturated heterocycles. The fourth-order valence-electron chi connectivity index (χ4n) is 2.88. The molecule has 1 N–H and O–H groups in total. The molecule has 0 bridgehead atoms. The predicted octanol–water partition coefficient (Wildman–Crippen LogP) is 1.47. The molecule has 26 heavy (non-hydrogen) atoms. The second-order valence-electron chi connectivity index (χ2n) is 6.35. The van der Waals surface area contributed by atoms with Crippen LogP contribution in [0.5, 0.6) is 5.75 Å². The Labute approximate surface area is 154 Å². The number of sulfonamides is 1. The molecule has 2 aromatic rings. The van der Waals surface area contributed by atoms with E-state index in [1.807, 2.05) is 35.0 Å². The van der Waals surface area contributed by atoms with E-state index < -0.39 is 10.0 Å². The maximum absolute atomic E-state index is 11.2. The number of fused-ring (bicyclic) bond motifs is 1. The van der Waals surface area contributed by atoms with E-state index in [0.717, 1.165) is 55.1 Å². The topological polar surface area (TPSA) is 76.5 Å². The van der Waals surface area contributed by atoms with Gasteiger partial charge in [0.25, 0.3) is 0 Å². The van der Waals surface area contributed by atoms with Gasteiger partial charge in [0, 0.05) is 19.6 Å². The summed E-state index contributed by atoms with van der Waals surface area (Å²) in [4.78, 5) is 2.34. The highest BCUT2D eigenvalue weighted by atomic mass is 32.2. The van der Waals surface area contributed by atoms with Crippen LogP contribution in [0.3, 0.4) is 0 Å². The molecule has 3 rings (SSSR count). The SMILES string of the molecule is COc1ccc(C=CCN2CCn3nc(CNS(C)(=O)=O)cc3C2)cc1. The van der Waals surface area contributed by atoms with Crippen molar-refractivity contribution in [3.05, 3.63) is 53.4 Å². The molecule has 2 heterocycles. The van der Waals surface area contributed by atoms with Gasteiger partial charge in [0.1, 0.15) is 5.75 Å². The lowest BCUT2D eigenvalue weighted by atomic mass is 10.2. The van der Waals surface area contributed by atoms with E-state index in [1.165, 1.54) is 0 Å². The van der Waals surface area contributed by atoms with Crippen molar-refractivity contribution in [3.63, 3.8) is 0 Å². The summed E-state index contributed by atoms with van der Waals surface area (Å²) in [7, 11) is -1.54. The molecule has 0 radical (unpaired) electrons. The Kier molecular flexibility index (Phi) is 5.75. The highest BCUT2D eigenvalue weighted by Crippen LogP contribution is 2.15. The van der Waals surface area contributed by atoms with Gasteiger partial charge in [-0.3, -0.25) is 9.58 Å².